The van der Waals surface area contributed by atoms with Gasteiger partial charge in [-0.05, 0) is 30.2 Å². The summed E-state index contributed by atoms with van der Waals surface area (Å²) in [4.78, 5) is 12.1. The maximum atomic E-state index is 10.9. The summed E-state index contributed by atoms with van der Waals surface area (Å²) >= 11 is 1.70. The summed E-state index contributed by atoms with van der Waals surface area (Å²) in [5.41, 5.74) is 0. The Bertz CT molecular complexity index is 312. The first-order valence-electron chi connectivity index (χ1n) is 5.52. The third-order valence-corrected chi connectivity index (χ3v) is 4.28. The number of hydrogen-bond acceptors (Lipinski definition) is 2. The molecule has 1 atom stereocenters. The molecule has 1 saturated carbocycles. The Labute approximate surface area is 93.9 Å². The minimum Gasteiger partial charge on any atom is -0.481 e. The SMILES string of the molecule is O=C(O)CC(c1cccs1)C1CCCC1. The molecule has 1 aromatic rings. The molecule has 1 aliphatic carbocycles. The van der Waals surface area contributed by atoms with Gasteiger partial charge in [0.1, 0.15) is 0 Å². The monoisotopic (exact) mass is 224 g/mol. The lowest BCUT2D eigenvalue weighted by atomic mass is 9.87. The fourth-order valence-electron chi connectivity index (χ4n) is 2.55. The van der Waals surface area contributed by atoms with Gasteiger partial charge < -0.3 is 5.11 Å². The molecule has 1 unspecified atom stereocenters. The van der Waals surface area contributed by atoms with Crippen molar-refractivity contribution in [3.8, 4) is 0 Å². The summed E-state index contributed by atoms with van der Waals surface area (Å²) in [6, 6.07) is 4.10. The summed E-state index contributed by atoms with van der Waals surface area (Å²) in [5, 5.41) is 11.0. The van der Waals surface area contributed by atoms with Crippen LogP contribution in [0.1, 0.15) is 42.9 Å². The van der Waals surface area contributed by atoms with Gasteiger partial charge in [-0.25, -0.2) is 0 Å². The molecule has 1 aromatic heterocycles. The second kappa shape index (κ2) is 4.79. The van der Waals surface area contributed by atoms with Crippen LogP contribution in [-0.2, 0) is 4.79 Å². The standard InChI is InChI=1S/C12H16O2S/c13-12(14)8-10(9-4-1-2-5-9)11-6-3-7-15-11/h3,6-7,9-10H,1-2,4-5,8H2,(H,13,14). The van der Waals surface area contributed by atoms with E-state index in [9.17, 15) is 4.79 Å². The lowest BCUT2D eigenvalue weighted by Crippen LogP contribution is -2.13. The predicted octanol–water partition coefficient (Wildman–Crippen LogP) is 3.50. The highest BCUT2D eigenvalue weighted by atomic mass is 32.1. The normalized spacial score (nSPS) is 19.2. The fourth-order valence-corrected chi connectivity index (χ4v) is 3.47. The van der Waals surface area contributed by atoms with E-state index in [1.165, 1.54) is 30.6 Å². The van der Waals surface area contributed by atoms with E-state index in [1.54, 1.807) is 11.3 Å². The first-order chi connectivity index (χ1) is 7.27. The highest BCUT2D eigenvalue weighted by molar-refractivity contribution is 7.10. The smallest absolute Gasteiger partial charge is 0.304 e. The molecule has 0 radical (unpaired) electrons. The predicted molar refractivity (Wildman–Crippen MR) is 61.3 cm³/mol. The molecule has 0 aromatic carbocycles. The van der Waals surface area contributed by atoms with Crippen LogP contribution in [0.5, 0.6) is 0 Å². The zero-order valence-corrected chi connectivity index (χ0v) is 9.50. The summed E-state index contributed by atoms with van der Waals surface area (Å²) in [7, 11) is 0. The van der Waals surface area contributed by atoms with Crippen LogP contribution in [-0.4, -0.2) is 11.1 Å². The molecule has 0 saturated heterocycles. The molecular weight excluding hydrogens is 208 g/mol. The Morgan fingerprint density at radius 2 is 2.27 bits per heavy atom. The van der Waals surface area contributed by atoms with E-state index in [4.69, 9.17) is 5.11 Å². The van der Waals surface area contributed by atoms with Crippen LogP contribution in [0.15, 0.2) is 17.5 Å². The van der Waals surface area contributed by atoms with Crippen molar-refractivity contribution in [3.05, 3.63) is 22.4 Å². The third kappa shape index (κ3) is 2.59. The maximum Gasteiger partial charge on any atom is 0.304 e. The average molecular weight is 224 g/mol. The molecule has 0 aliphatic heterocycles. The van der Waals surface area contributed by atoms with Crippen molar-refractivity contribution < 1.29 is 9.90 Å². The molecule has 1 fully saturated rings. The largest absolute Gasteiger partial charge is 0.481 e. The van der Waals surface area contributed by atoms with Crippen molar-refractivity contribution in [2.75, 3.05) is 0 Å². The molecule has 0 bridgehead atoms. The van der Waals surface area contributed by atoms with Gasteiger partial charge in [-0.2, -0.15) is 0 Å². The number of aliphatic carboxylic acids is 1. The van der Waals surface area contributed by atoms with Crippen molar-refractivity contribution in [3.63, 3.8) is 0 Å². The second-order valence-electron chi connectivity index (χ2n) is 4.26. The average Bonchev–Trinajstić information content (AvgIpc) is 2.87. The highest BCUT2D eigenvalue weighted by Crippen LogP contribution is 2.40. The first kappa shape index (κ1) is 10.7. The van der Waals surface area contributed by atoms with Crippen LogP contribution in [0.3, 0.4) is 0 Å². The number of thiophene rings is 1. The summed E-state index contributed by atoms with van der Waals surface area (Å²) in [5.74, 6) is 0.185. The number of hydrogen-bond donors (Lipinski definition) is 1. The van der Waals surface area contributed by atoms with Gasteiger partial charge in [-0.1, -0.05) is 18.9 Å². The molecule has 0 amide bonds. The minimum absolute atomic E-state index is 0.255. The van der Waals surface area contributed by atoms with Crippen molar-refractivity contribution in [2.45, 2.75) is 38.0 Å². The van der Waals surface area contributed by atoms with Gasteiger partial charge in [0.05, 0.1) is 6.42 Å². The van der Waals surface area contributed by atoms with E-state index in [-0.39, 0.29) is 5.92 Å². The Morgan fingerprint density at radius 3 is 2.80 bits per heavy atom. The molecule has 1 aliphatic rings. The summed E-state index contributed by atoms with van der Waals surface area (Å²) in [6.45, 7) is 0. The van der Waals surface area contributed by atoms with Gasteiger partial charge in [0.25, 0.3) is 0 Å². The molecule has 0 spiro atoms. The van der Waals surface area contributed by atoms with Crippen LogP contribution in [0.2, 0.25) is 0 Å². The van der Waals surface area contributed by atoms with E-state index in [0.717, 1.165) is 0 Å². The Kier molecular flexibility index (Phi) is 3.41. The number of rotatable bonds is 4. The first-order valence-corrected chi connectivity index (χ1v) is 6.40. The zero-order chi connectivity index (χ0) is 10.7. The molecule has 2 rings (SSSR count). The van der Waals surface area contributed by atoms with Gasteiger partial charge >= 0.3 is 5.97 Å². The molecule has 1 heterocycles. The van der Waals surface area contributed by atoms with Gasteiger partial charge in [0, 0.05) is 10.8 Å². The topological polar surface area (TPSA) is 37.3 Å². The lowest BCUT2D eigenvalue weighted by molar-refractivity contribution is -0.137. The lowest BCUT2D eigenvalue weighted by Gasteiger charge is -2.20. The van der Waals surface area contributed by atoms with Crippen molar-refractivity contribution in [1.29, 1.82) is 0 Å². The molecule has 2 nitrogen and oxygen atoms in total. The van der Waals surface area contributed by atoms with E-state index in [1.807, 2.05) is 11.4 Å². The summed E-state index contributed by atoms with van der Waals surface area (Å²) in [6.07, 6.45) is 5.25. The van der Waals surface area contributed by atoms with E-state index in [0.29, 0.717) is 12.3 Å². The molecular formula is C12H16O2S. The van der Waals surface area contributed by atoms with Gasteiger partial charge in [0.2, 0.25) is 0 Å². The van der Waals surface area contributed by atoms with Gasteiger partial charge in [-0.3, -0.25) is 4.79 Å². The van der Waals surface area contributed by atoms with Crippen LogP contribution in [0.4, 0.5) is 0 Å². The van der Waals surface area contributed by atoms with E-state index in [2.05, 4.69) is 6.07 Å². The van der Waals surface area contributed by atoms with Crippen LogP contribution in [0, 0.1) is 5.92 Å². The van der Waals surface area contributed by atoms with Crippen molar-refractivity contribution >= 4 is 17.3 Å². The number of carboxylic acid groups (broad SMARTS) is 1. The van der Waals surface area contributed by atoms with Crippen LogP contribution >= 0.6 is 11.3 Å². The second-order valence-corrected chi connectivity index (χ2v) is 5.24. The van der Waals surface area contributed by atoms with E-state index >= 15 is 0 Å². The Hall–Kier alpha value is -0.830. The number of carboxylic acids is 1. The quantitative estimate of drug-likeness (QED) is 0.850. The van der Waals surface area contributed by atoms with Crippen LogP contribution in [0.25, 0.3) is 0 Å². The third-order valence-electron chi connectivity index (χ3n) is 3.27. The Balaban J connectivity index is 2.12. The van der Waals surface area contributed by atoms with E-state index < -0.39 is 5.97 Å². The Morgan fingerprint density at radius 1 is 1.53 bits per heavy atom. The molecule has 15 heavy (non-hydrogen) atoms. The molecule has 3 heteroatoms. The highest BCUT2D eigenvalue weighted by Gasteiger charge is 2.28. The fraction of sp³-hybridized carbons (Fsp3) is 0.583. The van der Waals surface area contributed by atoms with Crippen LogP contribution < -0.4 is 0 Å². The van der Waals surface area contributed by atoms with Crippen molar-refractivity contribution in [2.24, 2.45) is 5.92 Å². The minimum atomic E-state index is -0.666. The van der Waals surface area contributed by atoms with Gasteiger partial charge in [0.15, 0.2) is 0 Å². The summed E-state index contributed by atoms with van der Waals surface area (Å²) < 4.78 is 0. The van der Waals surface area contributed by atoms with Crippen molar-refractivity contribution in [1.82, 2.24) is 0 Å². The maximum absolute atomic E-state index is 10.9. The number of carbonyl (C=O) groups is 1. The zero-order valence-electron chi connectivity index (χ0n) is 8.69. The van der Waals surface area contributed by atoms with Gasteiger partial charge in [-0.15, -0.1) is 11.3 Å². The molecule has 82 valence electrons. The molecule has 1 N–H and O–H groups in total.